The molecule has 0 N–H and O–H groups in total. The first kappa shape index (κ1) is 12.4. The molecule has 0 spiro atoms. The molecule has 1 unspecified atom stereocenters. The zero-order valence-corrected chi connectivity index (χ0v) is 9.61. The maximum Gasteiger partial charge on any atom is 0.417 e. The van der Waals surface area contributed by atoms with Crippen molar-refractivity contribution in [1.82, 2.24) is 0 Å². The predicted molar refractivity (Wildman–Crippen MR) is 58.1 cm³/mol. The number of ketones is 1. The highest BCUT2D eigenvalue weighted by molar-refractivity contribution is 6.31. The van der Waals surface area contributed by atoms with Crippen molar-refractivity contribution in [1.29, 1.82) is 0 Å². The summed E-state index contributed by atoms with van der Waals surface area (Å²) in [6.07, 6.45) is -2.66. The van der Waals surface area contributed by atoms with Gasteiger partial charge in [-0.2, -0.15) is 13.2 Å². The molecule has 0 heterocycles. The molecule has 0 amide bonds. The van der Waals surface area contributed by atoms with E-state index >= 15 is 0 Å². The summed E-state index contributed by atoms with van der Waals surface area (Å²) in [6, 6.07) is 3.72. The molecule has 1 fully saturated rings. The maximum absolute atomic E-state index is 12.6. The average molecular weight is 263 g/mol. The quantitative estimate of drug-likeness (QED) is 0.741. The van der Waals surface area contributed by atoms with E-state index in [0.717, 1.165) is 12.5 Å². The summed E-state index contributed by atoms with van der Waals surface area (Å²) in [5.41, 5.74) is -0.444. The molecule has 0 radical (unpaired) electrons. The van der Waals surface area contributed by atoms with Gasteiger partial charge in [-0.25, -0.2) is 0 Å². The molecule has 1 saturated carbocycles. The van der Waals surface area contributed by atoms with E-state index in [2.05, 4.69) is 0 Å². The second kappa shape index (κ2) is 4.33. The third-order valence-corrected chi connectivity index (χ3v) is 3.33. The number of hydrogen-bond acceptors (Lipinski definition) is 1. The zero-order chi connectivity index (χ0) is 12.6. The summed E-state index contributed by atoms with van der Waals surface area (Å²) in [4.78, 5) is 11.5. The monoisotopic (exact) mass is 262 g/mol. The van der Waals surface area contributed by atoms with E-state index in [1.807, 2.05) is 0 Å². The SMILES string of the molecule is O=C1CCCC1c1ccc(Cl)c(C(F)(F)F)c1. The van der Waals surface area contributed by atoms with Crippen molar-refractivity contribution >= 4 is 17.4 Å². The number of halogens is 4. The molecular weight excluding hydrogens is 253 g/mol. The lowest BCUT2D eigenvalue weighted by molar-refractivity contribution is -0.137. The second-order valence-corrected chi connectivity index (χ2v) is 4.56. The van der Waals surface area contributed by atoms with Gasteiger partial charge in [0.1, 0.15) is 5.78 Å². The number of carbonyl (C=O) groups excluding carboxylic acids is 1. The molecule has 92 valence electrons. The van der Waals surface area contributed by atoms with Gasteiger partial charge >= 0.3 is 6.18 Å². The van der Waals surface area contributed by atoms with E-state index in [9.17, 15) is 18.0 Å². The molecule has 2 rings (SSSR count). The van der Waals surface area contributed by atoms with Crippen LogP contribution in [0.3, 0.4) is 0 Å². The van der Waals surface area contributed by atoms with Crippen molar-refractivity contribution in [3.63, 3.8) is 0 Å². The van der Waals surface area contributed by atoms with Crippen LogP contribution in [0.2, 0.25) is 5.02 Å². The van der Waals surface area contributed by atoms with Gasteiger partial charge in [0, 0.05) is 12.3 Å². The molecular formula is C12H10ClF3O. The molecule has 1 aliphatic rings. The van der Waals surface area contributed by atoms with Gasteiger partial charge in [-0.05, 0) is 30.5 Å². The van der Waals surface area contributed by atoms with E-state index in [4.69, 9.17) is 11.6 Å². The van der Waals surface area contributed by atoms with Crippen molar-refractivity contribution < 1.29 is 18.0 Å². The standard InChI is InChI=1S/C12H10ClF3O/c13-10-5-4-7(6-9(10)12(14,15)16)8-2-1-3-11(8)17/h4-6,8H,1-3H2. The molecule has 5 heteroatoms. The van der Waals surface area contributed by atoms with Gasteiger partial charge in [-0.1, -0.05) is 17.7 Å². The Morgan fingerprint density at radius 1 is 1.29 bits per heavy atom. The van der Waals surface area contributed by atoms with Gasteiger partial charge < -0.3 is 0 Å². The smallest absolute Gasteiger partial charge is 0.299 e. The van der Waals surface area contributed by atoms with Crippen molar-refractivity contribution in [2.24, 2.45) is 0 Å². The van der Waals surface area contributed by atoms with Gasteiger partial charge in [0.05, 0.1) is 10.6 Å². The Hall–Kier alpha value is -1.03. The van der Waals surface area contributed by atoms with E-state index in [1.165, 1.54) is 12.1 Å². The van der Waals surface area contributed by atoms with Crippen molar-refractivity contribution in [2.45, 2.75) is 31.4 Å². The van der Waals surface area contributed by atoms with E-state index in [-0.39, 0.29) is 10.8 Å². The van der Waals surface area contributed by atoms with Crippen molar-refractivity contribution in [3.8, 4) is 0 Å². The largest absolute Gasteiger partial charge is 0.417 e. The highest BCUT2D eigenvalue weighted by Crippen LogP contribution is 2.38. The third kappa shape index (κ3) is 2.46. The first-order chi connectivity index (χ1) is 7.89. The molecule has 1 aromatic carbocycles. The number of hydrogen-bond donors (Lipinski definition) is 0. The first-order valence-electron chi connectivity index (χ1n) is 5.29. The third-order valence-electron chi connectivity index (χ3n) is 3.00. The van der Waals surface area contributed by atoms with Gasteiger partial charge in [-0.15, -0.1) is 0 Å². The molecule has 1 nitrogen and oxygen atoms in total. The molecule has 1 atom stereocenters. The fraction of sp³-hybridized carbons (Fsp3) is 0.417. The Kier molecular flexibility index (Phi) is 3.17. The fourth-order valence-corrected chi connectivity index (χ4v) is 2.37. The minimum atomic E-state index is -4.48. The molecule has 0 saturated heterocycles. The van der Waals surface area contributed by atoms with Crippen LogP contribution in [0.15, 0.2) is 18.2 Å². The van der Waals surface area contributed by atoms with Crippen LogP contribution in [-0.2, 0) is 11.0 Å². The minimum absolute atomic E-state index is 0.0143. The molecule has 17 heavy (non-hydrogen) atoms. The summed E-state index contributed by atoms with van der Waals surface area (Å²) in [5, 5.41) is -0.327. The number of benzene rings is 1. The van der Waals surface area contributed by atoms with Gasteiger partial charge in [0.25, 0.3) is 0 Å². The summed E-state index contributed by atoms with van der Waals surface area (Å²) in [5.74, 6) is -0.381. The topological polar surface area (TPSA) is 17.1 Å². The normalized spacial score (nSPS) is 20.9. The number of alkyl halides is 3. The van der Waals surface area contributed by atoms with Gasteiger partial charge in [-0.3, -0.25) is 4.79 Å². The molecule has 0 bridgehead atoms. The van der Waals surface area contributed by atoms with Crippen LogP contribution in [-0.4, -0.2) is 5.78 Å². The van der Waals surface area contributed by atoms with Crippen molar-refractivity contribution in [3.05, 3.63) is 34.3 Å². The highest BCUT2D eigenvalue weighted by atomic mass is 35.5. The number of rotatable bonds is 1. The number of carbonyl (C=O) groups is 1. The fourth-order valence-electron chi connectivity index (χ4n) is 2.15. The van der Waals surface area contributed by atoms with E-state index < -0.39 is 17.7 Å². The predicted octanol–water partition coefficient (Wildman–Crippen LogP) is 4.20. The van der Waals surface area contributed by atoms with Crippen LogP contribution >= 0.6 is 11.6 Å². The van der Waals surface area contributed by atoms with Crippen LogP contribution in [0.25, 0.3) is 0 Å². The zero-order valence-electron chi connectivity index (χ0n) is 8.85. The Labute approximate surface area is 102 Å². The second-order valence-electron chi connectivity index (χ2n) is 4.15. The summed E-state index contributed by atoms with van der Waals surface area (Å²) in [6.45, 7) is 0. The average Bonchev–Trinajstić information content (AvgIpc) is 2.63. The lowest BCUT2D eigenvalue weighted by Crippen LogP contribution is -2.09. The minimum Gasteiger partial charge on any atom is -0.299 e. The summed E-state index contributed by atoms with van der Waals surface area (Å²) >= 11 is 5.52. The lowest BCUT2D eigenvalue weighted by atomic mass is 9.95. The van der Waals surface area contributed by atoms with Crippen LogP contribution in [0.5, 0.6) is 0 Å². The van der Waals surface area contributed by atoms with E-state index in [1.54, 1.807) is 0 Å². The van der Waals surface area contributed by atoms with Crippen LogP contribution in [0, 0.1) is 0 Å². The Balaban J connectivity index is 2.41. The first-order valence-corrected chi connectivity index (χ1v) is 5.67. The van der Waals surface area contributed by atoms with E-state index in [0.29, 0.717) is 18.4 Å². The van der Waals surface area contributed by atoms with Crippen LogP contribution in [0.1, 0.15) is 36.3 Å². The molecule has 0 aliphatic heterocycles. The highest BCUT2D eigenvalue weighted by Gasteiger charge is 2.35. The molecule has 1 aliphatic carbocycles. The van der Waals surface area contributed by atoms with Gasteiger partial charge in [0.15, 0.2) is 0 Å². The molecule has 1 aromatic rings. The summed E-state index contributed by atoms with van der Waals surface area (Å²) < 4.78 is 37.9. The van der Waals surface area contributed by atoms with Crippen LogP contribution < -0.4 is 0 Å². The molecule has 0 aromatic heterocycles. The lowest BCUT2D eigenvalue weighted by Gasteiger charge is -2.13. The Morgan fingerprint density at radius 2 is 2.00 bits per heavy atom. The summed E-state index contributed by atoms with van der Waals surface area (Å²) in [7, 11) is 0. The maximum atomic E-state index is 12.6. The Morgan fingerprint density at radius 3 is 2.53 bits per heavy atom. The van der Waals surface area contributed by atoms with Gasteiger partial charge in [0.2, 0.25) is 0 Å². The van der Waals surface area contributed by atoms with Crippen molar-refractivity contribution in [2.75, 3.05) is 0 Å². The van der Waals surface area contributed by atoms with Crippen LogP contribution in [0.4, 0.5) is 13.2 Å². The number of Topliss-reactive ketones (excluding diaryl/α,β-unsaturated/α-hetero) is 1. The Bertz CT molecular complexity index is 454.